The van der Waals surface area contributed by atoms with Crippen LogP contribution >= 0.6 is 15.9 Å². The molecule has 0 aromatic heterocycles. The van der Waals surface area contributed by atoms with E-state index < -0.39 is 0 Å². The van der Waals surface area contributed by atoms with E-state index in [4.69, 9.17) is 5.26 Å². The summed E-state index contributed by atoms with van der Waals surface area (Å²) in [5.41, 5.74) is 1.09. The Hall–Kier alpha value is -1.33. The second-order valence-electron chi connectivity index (χ2n) is 3.09. The molecular formula is C12H8BrN. The van der Waals surface area contributed by atoms with Gasteiger partial charge in [0.2, 0.25) is 0 Å². The van der Waals surface area contributed by atoms with Gasteiger partial charge >= 0.3 is 0 Å². The number of nitriles is 1. The monoisotopic (exact) mass is 245 g/mol. The molecular weight excluding hydrogens is 238 g/mol. The third-order valence-corrected chi connectivity index (χ3v) is 2.92. The number of halogens is 1. The second-order valence-corrected chi connectivity index (χ2v) is 3.94. The van der Waals surface area contributed by atoms with Crippen LogP contribution in [0, 0.1) is 11.3 Å². The SMILES string of the molecule is N#CCc1ccc(Br)c2ccccc12. The van der Waals surface area contributed by atoms with Gasteiger partial charge in [0.1, 0.15) is 0 Å². The van der Waals surface area contributed by atoms with Crippen molar-refractivity contribution < 1.29 is 0 Å². The molecule has 2 heteroatoms. The lowest BCUT2D eigenvalue weighted by atomic mass is 10.0. The summed E-state index contributed by atoms with van der Waals surface area (Å²) in [5, 5.41) is 11.0. The summed E-state index contributed by atoms with van der Waals surface area (Å²) in [6, 6.07) is 14.3. The van der Waals surface area contributed by atoms with Gasteiger partial charge in [-0.25, -0.2) is 0 Å². The van der Waals surface area contributed by atoms with Crippen molar-refractivity contribution >= 4 is 26.7 Å². The van der Waals surface area contributed by atoms with Crippen LogP contribution in [0.15, 0.2) is 40.9 Å². The molecule has 0 bridgehead atoms. The van der Waals surface area contributed by atoms with Crippen molar-refractivity contribution in [3.05, 3.63) is 46.4 Å². The van der Waals surface area contributed by atoms with Crippen molar-refractivity contribution in [3.63, 3.8) is 0 Å². The van der Waals surface area contributed by atoms with E-state index in [1.807, 2.05) is 30.3 Å². The molecule has 0 atom stereocenters. The Kier molecular flexibility index (Phi) is 2.51. The molecule has 0 radical (unpaired) electrons. The van der Waals surface area contributed by atoms with Crippen LogP contribution in [-0.2, 0) is 6.42 Å². The van der Waals surface area contributed by atoms with E-state index in [0.29, 0.717) is 6.42 Å². The van der Waals surface area contributed by atoms with E-state index in [1.165, 1.54) is 5.39 Å². The van der Waals surface area contributed by atoms with Crippen molar-refractivity contribution in [1.82, 2.24) is 0 Å². The first-order valence-electron chi connectivity index (χ1n) is 4.36. The number of hydrogen-bond acceptors (Lipinski definition) is 1. The molecule has 0 saturated heterocycles. The standard InChI is InChI=1S/C12H8BrN/c13-12-6-5-9(7-8-14)10-3-1-2-4-11(10)12/h1-6H,7H2. The lowest BCUT2D eigenvalue weighted by Gasteiger charge is -2.04. The molecule has 0 saturated carbocycles. The fourth-order valence-electron chi connectivity index (χ4n) is 1.56. The topological polar surface area (TPSA) is 23.8 Å². The maximum atomic E-state index is 8.69. The third-order valence-electron chi connectivity index (χ3n) is 2.23. The van der Waals surface area contributed by atoms with Crippen LogP contribution in [0.5, 0.6) is 0 Å². The van der Waals surface area contributed by atoms with Gasteiger partial charge in [0.05, 0.1) is 12.5 Å². The lowest BCUT2D eigenvalue weighted by Crippen LogP contribution is -1.84. The molecule has 0 heterocycles. The molecule has 0 fully saturated rings. The summed E-state index contributed by atoms with van der Waals surface area (Å²) < 4.78 is 1.08. The molecule has 2 rings (SSSR count). The number of fused-ring (bicyclic) bond motifs is 1. The Morgan fingerprint density at radius 2 is 1.79 bits per heavy atom. The first kappa shape index (κ1) is 9.23. The molecule has 2 aromatic carbocycles. The van der Waals surface area contributed by atoms with Gasteiger partial charge in [0, 0.05) is 4.47 Å². The summed E-state index contributed by atoms with van der Waals surface area (Å²) in [6.07, 6.45) is 0.466. The predicted octanol–water partition coefficient (Wildman–Crippen LogP) is 3.67. The van der Waals surface area contributed by atoms with Crippen molar-refractivity contribution in [2.75, 3.05) is 0 Å². The van der Waals surface area contributed by atoms with Gasteiger partial charge < -0.3 is 0 Å². The van der Waals surface area contributed by atoms with Gasteiger partial charge in [0.15, 0.2) is 0 Å². The minimum atomic E-state index is 0.466. The fraction of sp³-hybridized carbons (Fsp3) is 0.0833. The largest absolute Gasteiger partial charge is 0.198 e. The number of benzene rings is 2. The maximum absolute atomic E-state index is 8.69. The second kappa shape index (κ2) is 3.81. The molecule has 0 aliphatic heterocycles. The number of nitrogens with zero attached hydrogens (tertiary/aromatic N) is 1. The molecule has 0 aliphatic rings. The molecule has 0 unspecified atom stereocenters. The first-order chi connectivity index (χ1) is 6.83. The van der Waals surface area contributed by atoms with Gasteiger partial charge in [-0.05, 0) is 22.4 Å². The molecule has 14 heavy (non-hydrogen) atoms. The van der Waals surface area contributed by atoms with E-state index in [-0.39, 0.29) is 0 Å². The quantitative estimate of drug-likeness (QED) is 0.753. The molecule has 2 aromatic rings. The van der Waals surface area contributed by atoms with Gasteiger partial charge in [-0.2, -0.15) is 5.26 Å². The highest BCUT2D eigenvalue weighted by Gasteiger charge is 2.02. The summed E-state index contributed by atoms with van der Waals surface area (Å²) in [4.78, 5) is 0. The molecule has 1 nitrogen and oxygen atoms in total. The molecule has 68 valence electrons. The van der Waals surface area contributed by atoms with Gasteiger partial charge in [-0.3, -0.25) is 0 Å². The number of hydrogen-bond donors (Lipinski definition) is 0. The maximum Gasteiger partial charge on any atom is 0.0669 e. The Balaban J connectivity index is 2.76. The average Bonchev–Trinajstić information content (AvgIpc) is 2.23. The minimum absolute atomic E-state index is 0.466. The van der Waals surface area contributed by atoms with E-state index >= 15 is 0 Å². The van der Waals surface area contributed by atoms with Crippen molar-refractivity contribution in [3.8, 4) is 6.07 Å². The zero-order valence-corrected chi connectivity index (χ0v) is 9.08. The fourth-order valence-corrected chi connectivity index (χ4v) is 2.04. The smallest absolute Gasteiger partial charge is 0.0669 e. The molecule has 0 N–H and O–H groups in total. The molecule has 0 amide bonds. The third kappa shape index (κ3) is 1.51. The summed E-state index contributed by atoms with van der Waals surface area (Å²) >= 11 is 3.50. The van der Waals surface area contributed by atoms with Crippen LogP contribution in [0.1, 0.15) is 5.56 Å². The van der Waals surface area contributed by atoms with Crippen molar-refractivity contribution in [1.29, 1.82) is 5.26 Å². The normalized spacial score (nSPS) is 10.0. The Morgan fingerprint density at radius 3 is 2.50 bits per heavy atom. The Bertz CT molecular complexity index is 511. The van der Waals surface area contributed by atoms with Gasteiger partial charge in [-0.15, -0.1) is 0 Å². The highest BCUT2D eigenvalue weighted by molar-refractivity contribution is 9.10. The van der Waals surface area contributed by atoms with Gasteiger partial charge in [-0.1, -0.05) is 46.3 Å². The summed E-state index contributed by atoms with van der Waals surface area (Å²) in [5.74, 6) is 0. The minimum Gasteiger partial charge on any atom is -0.198 e. The van der Waals surface area contributed by atoms with Crippen LogP contribution in [0.2, 0.25) is 0 Å². The number of rotatable bonds is 1. The van der Waals surface area contributed by atoms with Crippen molar-refractivity contribution in [2.45, 2.75) is 6.42 Å². The van der Waals surface area contributed by atoms with Crippen LogP contribution < -0.4 is 0 Å². The molecule has 0 aliphatic carbocycles. The van der Waals surface area contributed by atoms with E-state index in [2.05, 4.69) is 28.1 Å². The van der Waals surface area contributed by atoms with Gasteiger partial charge in [0.25, 0.3) is 0 Å². The lowest BCUT2D eigenvalue weighted by molar-refractivity contribution is 1.29. The zero-order chi connectivity index (χ0) is 9.97. The van der Waals surface area contributed by atoms with E-state index in [0.717, 1.165) is 15.4 Å². The highest BCUT2D eigenvalue weighted by Crippen LogP contribution is 2.26. The summed E-state index contributed by atoms with van der Waals surface area (Å²) in [6.45, 7) is 0. The zero-order valence-electron chi connectivity index (χ0n) is 7.50. The highest BCUT2D eigenvalue weighted by atomic mass is 79.9. The Morgan fingerprint density at radius 1 is 1.07 bits per heavy atom. The summed E-state index contributed by atoms with van der Waals surface area (Å²) in [7, 11) is 0. The van der Waals surface area contributed by atoms with Crippen LogP contribution in [-0.4, -0.2) is 0 Å². The van der Waals surface area contributed by atoms with Crippen LogP contribution in [0.3, 0.4) is 0 Å². The molecule has 0 spiro atoms. The van der Waals surface area contributed by atoms with Crippen molar-refractivity contribution in [2.24, 2.45) is 0 Å². The first-order valence-corrected chi connectivity index (χ1v) is 5.15. The Labute approximate surface area is 91.1 Å². The van der Waals surface area contributed by atoms with E-state index in [9.17, 15) is 0 Å². The average molecular weight is 246 g/mol. The van der Waals surface area contributed by atoms with E-state index in [1.54, 1.807) is 0 Å². The van der Waals surface area contributed by atoms with Crippen LogP contribution in [0.25, 0.3) is 10.8 Å². The van der Waals surface area contributed by atoms with Crippen LogP contribution in [0.4, 0.5) is 0 Å². The predicted molar refractivity (Wildman–Crippen MR) is 61.0 cm³/mol.